The Balaban J connectivity index is 0.740. The predicted molar refractivity (Wildman–Crippen MR) is 300 cm³/mol. The largest absolute Gasteiger partial charge is 0.504 e. The zero-order valence-electron chi connectivity index (χ0n) is 44.8. The van der Waals surface area contributed by atoms with E-state index in [1.807, 2.05) is 46.7 Å². The molecule has 1 aliphatic heterocycles. The zero-order chi connectivity index (χ0) is 51.3. The van der Waals surface area contributed by atoms with Crippen LogP contribution in [0.2, 0.25) is 0 Å². The summed E-state index contributed by atoms with van der Waals surface area (Å²) in [5, 5.41) is 50.3. The molecule has 74 heavy (non-hydrogen) atoms. The van der Waals surface area contributed by atoms with Gasteiger partial charge in [0.1, 0.15) is 24.2 Å². The summed E-state index contributed by atoms with van der Waals surface area (Å²) in [4.78, 5) is 8.83. The van der Waals surface area contributed by atoms with Gasteiger partial charge in [0, 0.05) is 72.4 Å². The first kappa shape index (κ1) is 54.5. The molecule has 13 unspecified atom stereocenters. The number of phenols is 1. The Hall–Kier alpha value is -2.85. The summed E-state index contributed by atoms with van der Waals surface area (Å²) in [6.07, 6.45) is 24.2. The number of aliphatic hydroxyl groups excluding tert-OH is 3. The molecule has 3 aromatic rings. The lowest BCUT2D eigenvalue weighted by atomic mass is 9.62. The van der Waals surface area contributed by atoms with Crippen LogP contribution in [-0.4, -0.2) is 86.8 Å². The normalized spacial score (nSPS) is 32.3. The number of hydrogen-bond donors (Lipinski definition) is 9. The van der Waals surface area contributed by atoms with Crippen molar-refractivity contribution in [2.75, 3.05) is 31.2 Å². The number of rotatable bonds is 17. The summed E-state index contributed by atoms with van der Waals surface area (Å²) in [7, 11) is 3.99. The van der Waals surface area contributed by atoms with Gasteiger partial charge in [0.2, 0.25) is 0 Å². The summed E-state index contributed by atoms with van der Waals surface area (Å²) in [5.74, 6) is 10.2. The Morgan fingerprint density at radius 1 is 0.905 bits per heavy atom. The van der Waals surface area contributed by atoms with E-state index in [0.29, 0.717) is 89.9 Å². The van der Waals surface area contributed by atoms with Crippen LogP contribution < -0.4 is 26.8 Å². The van der Waals surface area contributed by atoms with Gasteiger partial charge in [-0.25, -0.2) is 4.99 Å². The Labute approximate surface area is 450 Å². The number of benzene rings is 1. The molecule has 6 aliphatic carbocycles. The van der Waals surface area contributed by atoms with E-state index in [0.717, 1.165) is 78.0 Å². The zero-order valence-corrected chi connectivity index (χ0v) is 46.4. The molecule has 12 nitrogen and oxygen atoms in total. The third-order valence-corrected chi connectivity index (χ3v) is 22.6. The minimum Gasteiger partial charge on any atom is -0.504 e. The van der Waals surface area contributed by atoms with Crippen LogP contribution in [-0.2, 0) is 32.3 Å². The minimum absolute atomic E-state index is 0.0120. The third-order valence-electron chi connectivity index (χ3n) is 20.1. The number of aryl methyl sites for hydroxylation is 3. The van der Waals surface area contributed by atoms with Gasteiger partial charge in [0.05, 0.1) is 18.8 Å². The number of phenolic OH excluding ortho intramolecular Hbond substituents is 1. The average Bonchev–Trinajstić information content (AvgIpc) is 4.26. The second-order valence-corrected chi connectivity index (χ2v) is 27.4. The fourth-order valence-electron chi connectivity index (χ4n) is 16.2. The van der Waals surface area contributed by atoms with Crippen molar-refractivity contribution in [1.82, 2.24) is 15.6 Å². The molecule has 7 aliphatic rings. The molecule has 13 atom stereocenters. The predicted octanol–water partition coefficient (Wildman–Crippen LogP) is 10.2. The standard InChI is InChI=1S/C60H92N6O6S2/c1-36-12-18-44-40-24-38(14-19-45(44)49(51(61)27-40)34-73-74-35-54(36)66-59(62)64-42-8-3-4-9-42)16-21-57-41(32-67)26-43(72-57)17-13-39-15-20-55(69)58(25-39)71-33-56(70)52-28-47-48(31-63-30-37(2)68)46-10-7-11-50(46)60(22-5-6-23-60)29-53(47)65-52/h15,20,25-26,28,36-38,40,42,44-46,48-51,54,56,63,65,67-70H,3-14,16-19,21-24,27,29-35,61H2,1-2H3,(H3,62,64,66). The van der Waals surface area contributed by atoms with Gasteiger partial charge >= 0.3 is 0 Å². The number of aromatic amines is 1. The van der Waals surface area contributed by atoms with Crippen LogP contribution in [0.15, 0.2) is 39.7 Å². The van der Waals surface area contributed by atoms with E-state index in [1.54, 1.807) is 6.07 Å². The Morgan fingerprint density at radius 3 is 2.53 bits per heavy atom. The molecular formula is C60H92N6O6S2. The second kappa shape index (κ2) is 24.9. The number of nitrogens with zero attached hydrogens (tertiary/aromatic N) is 1. The quantitative estimate of drug-likeness (QED) is 0.0352. The molecule has 11 N–H and O–H groups in total. The first-order chi connectivity index (χ1) is 35.9. The first-order valence-electron chi connectivity index (χ1n) is 29.5. The van der Waals surface area contributed by atoms with E-state index in [1.165, 1.54) is 114 Å². The van der Waals surface area contributed by atoms with Gasteiger partial charge in [-0.3, -0.25) is 0 Å². The van der Waals surface area contributed by atoms with Crippen molar-refractivity contribution in [2.24, 2.45) is 69.2 Å². The van der Waals surface area contributed by atoms with Gasteiger partial charge in [-0.1, -0.05) is 73.1 Å². The number of guanidine groups is 1. The number of H-pyrrole nitrogens is 1. The maximum atomic E-state index is 11.7. The first-order valence-corrected chi connectivity index (χ1v) is 32.0. The highest BCUT2D eigenvalue weighted by molar-refractivity contribution is 8.76. The van der Waals surface area contributed by atoms with Crippen LogP contribution >= 0.6 is 21.6 Å². The van der Waals surface area contributed by atoms with E-state index in [2.05, 4.69) is 28.6 Å². The van der Waals surface area contributed by atoms with Crippen LogP contribution in [0.5, 0.6) is 11.5 Å². The van der Waals surface area contributed by atoms with E-state index in [4.69, 9.17) is 25.6 Å². The monoisotopic (exact) mass is 1060 g/mol. The molecule has 0 amide bonds. The van der Waals surface area contributed by atoms with Gasteiger partial charge in [-0.05, 0) is 185 Å². The number of aromatic hydroxyl groups is 1. The molecule has 6 fully saturated rings. The number of aliphatic imine (C=N–C) groups is 1. The SMILES string of the molecule is CC(O)CNCC1c2cc(C(O)COc3cc(CCc4cc(CO)c(CCC5CCC6C7CSSCC(N=C(N)NC8CCCC8)C(C)CCC6C(C5)CC7N)o4)ccc3O)[nH]c2CC2(CCCC2)C2CCCC12. The van der Waals surface area contributed by atoms with E-state index >= 15 is 0 Å². The van der Waals surface area contributed by atoms with Gasteiger partial charge < -0.3 is 56.7 Å². The Morgan fingerprint density at radius 2 is 1.72 bits per heavy atom. The molecule has 14 heteroatoms. The van der Waals surface area contributed by atoms with Crippen LogP contribution in [0.3, 0.4) is 0 Å². The molecule has 2 aromatic heterocycles. The fraction of sp³-hybridized carbons (Fsp3) is 0.750. The van der Waals surface area contributed by atoms with E-state index in [9.17, 15) is 20.4 Å². The number of aliphatic hydroxyl groups is 3. The summed E-state index contributed by atoms with van der Waals surface area (Å²) in [5.41, 5.74) is 19.2. The second-order valence-electron chi connectivity index (χ2n) is 24.9. The number of aromatic nitrogens is 1. The number of fused-ring (bicyclic) bond motifs is 3. The third kappa shape index (κ3) is 12.7. The van der Waals surface area contributed by atoms with Gasteiger partial charge in [-0.2, -0.15) is 0 Å². The minimum atomic E-state index is -0.888. The number of furan rings is 1. The molecule has 1 saturated heterocycles. The maximum absolute atomic E-state index is 11.7. The smallest absolute Gasteiger partial charge is 0.189 e. The maximum Gasteiger partial charge on any atom is 0.189 e. The highest BCUT2D eigenvalue weighted by atomic mass is 33.1. The van der Waals surface area contributed by atoms with Gasteiger partial charge in [0.15, 0.2) is 17.5 Å². The summed E-state index contributed by atoms with van der Waals surface area (Å²) in [6, 6.07) is 10.7. The Bertz CT molecular complexity index is 2310. The van der Waals surface area contributed by atoms with Crippen LogP contribution in [0.4, 0.5) is 0 Å². The van der Waals surface area contributed by atoms with Crippen molar-refractivity contribution in [2.45, 2.75) is 198 Å². The highest BCUT2D eigenvalue weighted by Crippen LogP contribution is 2.60. The molecular weight excluding hydrogens is 965 g/mol. The van der Waals surface area contributed by atoms with Gasteiger partial charge in [0.25, 0.3) is 0 Å². The lowest BCUT2D eigenvalue weighted by Gasteiger charge is -2.46. The molecule has 1 spiro atoms. The Kier molecular flexibility index (Phi) is 18.3. The number of nitrogens with one attached hydrogen (secondary N) is 3. The van der Waals surface area contributed by atoms with Crippen molar-refractivity contribution in [1.29, 1.82) is 0 Å². The van der Waals surface area contributed by atoms with Crippen molar-refractivity contribution < 1.29 is 29.6 Å². The summed E-state index contributed by atoms with van der Waals surface area (Å²) in [6.45, 7) is 5.60. The molecule has 10 rings (SSSR count). The number of nitrogens with two attached hydrogens (primary N) is 2. The number of hydrogen-bond acceptors (Lipinski definition) is 11. The van der Waals surface area contributed by atoms with Crippen LogP contribution in [0.1, 0.15) is 181 Å². The molecule has 0 radical (unpaired) electrons. The highest BCUT2D eigenvalue weighted by Gasteiger charge is 2.52. The van der Waals surface area contributed by atoms with E-state index < -0.39 is 12.2 Å². The lowest BCUT2D eigenvalue weighted by Crippen LogP contribution is -2.47. The van der Waals surface area contributed by atoms with E-state index in [-0.39, 0.29) is 31.0 Å². The van der Waals surface area contributed by atoms with Crippen LogP contribution in [0, 0.1) is 52.8 Å². The molecule has 410 valence electrons. The summed E-state index contributed by atoms with van der Waals surface area (Å²) < 4.78 is 12.8. The average molecular weight is 1060 g/mol. The lowest BCUT2D eigenvalue weighted by molar-refractivity contribution is 0.0716. The van der Waals surface area contributed by atoms with Crippen molar-refractivity contribution in [3.8, 4) is 11.5 Å². The van der Waals surface area contributed by atoms with Gasteiger partial charge in [-0.15, -0.1) is 0 Å². The van der Waals surface area contributed by atoms with Crippen molar-refractivity contribution >= 4 is 27.5 Å². The topological polar surface area (TPSA) is 208 Å². The molecule has 3 heterocycles. The van der Waals surface area contributed by atoms with Crippen molar-refractivity contribution in [3.05, 3.63) is 69.9 Å². The van der Waals surface area contributed by atoms with Crippen LogP contribution in [0.25, 0.3) is 0 Å². The summed E-state index contributed by atoms with van der Waals surface area (Å²) >= 11 is 0. The molecule has 5 saturated carbocycles. The molecule has 1 aromatic carbocycles. The fourth-order valence-corrected chi connectivity index (χ4v) is 19.0. The molecule has 4 bridgehead atoms. The number of ether oxygens (including phenoxy) is 1. The van der Waals surface area contributed by atoms with Crippen molar-refractivity contribution in [3.63, 3.8) is 0 Å².